The van der Waals surface area contributed by atoms with E-state index in [1.807, 2.05) is 18.2 Å². The predicted octanol–water partition coefficient (Wildman–Crippen LogP) is 5.51. The molecule has 3 rings (SSSR count). The van der Waals surface area contributed by atoms with Crippen molar-refractivity contribution in [1.82, 2.24) is 0 Å². The fraction of sp³-hybridized carbons (Fsp3) is 0.143. The molecule has 0 aliphatic heterocycles. The molecule has 3 aromatic rings. The molecule has 144 valence electrons. The topological polar surface area (TPSA) is 64.6 Å². The quantitative estimate of drug-likeness (QED) is 0.539. The van der Waals surface area contributed by atoms with Crippen LogP contribution in [0.15, 0.2) is 53.9 Å². The molecular weight excluding hydrogens is 398 g/mol. The minimum atomic E-state index is -0.519. The second-order valence-corrected chi connectivity index (χ2v) is 7.00. The van der Waals surface area contributed by atoms with Gasteiger partial charge in [0.25, 0.3) is 5.91 Å². The first-order valence-electron chi connectivity index (χ1n) is 8.54. The molecule has 0 unspecified atom stereocenters. The standard InChI is InChI=1S/C21H18ClNO4S/c1-3-27-21(25)18-15(13-8-4-6-10-16(13)22)12-28-20(18)23-19(24)14-9-5-7-11-17(14)26-2/h4-12H,3H2,1-2H3,(H,23,24). The lowest BCUT2D eigenvalue weighted by molar-refractivity contribution is 0.0529. The summed E-state index contributed by atoms with van der Waals surface area (Å²) in [5.74, 6) is -0.454. The number of thiophene rings is 1. The largest absolute Gasteiger partial charge is 0.496 e. The van der Waals surface area contributed by atoms with Crippen LogP contribution in [0.25, 0.3) is 11.1 Å². The van der Waals surface area contributed by atoms with E-state index in [9.17, 15) is 9.59 Å². The van der Waals surface area contributed by atoms with Crippen LogP contribution in [0.2, 0.25) is 5.02 Å². The summed E-state index contributed by atoms with van der Waals surface area (Å²) in [5, 5.41) is 5.49. The number of anilines is 1. The number of esters is 1. The van der Waals surface area contributed by atoms with Gasteiger partial charge in [-0.2, -0.15) is 0 Å². The van der Waals surface area contributed by atoms with E-state index in [0.29, 0.717) is 32.5 Å². The van der Waals surface area contributed by atoms with Crippen molar-refractivity contribution in [2.75, 3.05) is 19.0 Å². The molecule has 1 aromatic heterocycles. The highest BCUT2D eigenvalue weighted by molar-refractivity contribution is 7.15. The molecule has 0 aliphatic carbocycles. The van der Waals surface area contributed by atoms with Crippen LogP contribution in [0, 0.1) is 0 Å². The Kier molecular flexibility index (Phi) is 6.34. The second kappa shape index (κ2) is 8.91. The molecule has 0 saturated carbocycles. The van der Waals surface area contributed by atoms with Crippen LogP contribution in [-0.2, 0) is 4.74 Å². The lowest BCUT2D eigenvalue weighted by atomic mass is 10.0. The summed E-state index contributed by atoms with van der Waals surface area (Å²) < 4.78 is 10.5. The van der Waals surface area contributed by atoms with E-state index in [4.69, 9.17) is 21.1 Å². The van der Waals surface area contributed by atoms with Crippen molar-refractivity contribution in [2.24, 2.45) is 0 Å². The van der Waals surface area contributed by atoms with Crippen molar-refractivity contribution in [3.05, 3.63) is 70.1 Å². The summed E-state index contributed by atoms with van der Waals surface area (Å²) in [6.07, 6.45) is 0. The molecule has 0 aliphatic rings. The molecule has 0 atom stereocenters. The minimum absolute atomic E-state index is 0.219. The van der Waals surface area contributed by atoms with Gasteiger partial charge in [0.15, 0.2) is 0 Å². The van der Waals surface area contributed by atoms with Gasteiger partial charge in [-0.1, -0.05) is 41.9 Å². The number of methoxy groups -OCH3 is 1. The van der Waals surface area contributed by atoms with Gasteiger partial charge in [-0.3, -0.25) is 4.79 Å². The molecule has 0 bridgehead atoms. The number of carbonyl (C=O) groups is 2. The van der Waals surface area contributed by atoms with Crippen molar-refractivity contribution < 1.29 is 19.1 Å². The molecule has 7 heteroatoms. The zero-order chi connectivity index (χ0) is 20.1. The van der Waals surface area contributed by atoms with E-state index in [1.54, 1.807) is 42.6 Å². The van der Waals surface area contributed by atoms with Crippen LogP contribution in [0.4, 0.5) is 5.00 Å². The van der Waals surface area contributed by atoms with Gasteiger partial charge in [0.2, 0.25) is 0 Å². The summed E-state index contributed by atoms with van der Waals surface area (Å²) in [7, 11) is 1.50. The van der Waals surface area contributed by atoms with Crippen molar-refractivity contribution in [1.29, 1.82) is 0 Å². The smallest absolute Gasteiger partial charge is 0.341 e. The third kappa shape index (κ3) is 4.03. The van der Waals surface area contributed by atoms with Crippen molar-refractivity contribution in [2.45, 2.75) is 6.92 Å². The van der Waals surface area contributed by atoms with Crippen LogP contribution >= 0.6 is 22.9 Å². The molecular formula is C21H18ClNO4S. The Morgan fingerprint density at radius 1 is 1.07 bits per heavy atom. The highest BCUT2D eigenvalue weighted by Crippen LogP contribution is 2.39. The van der Waals surface area contributed by atoms with E-state index in [1.165, 1.54) is 18.4 Å². The van der Waals surface area contributed by atoms with Crippen LogP contribution in [0.5, 0.6) is 5.75 Å². The number of rotatable bonds is 6. The molecule has 0 fully saturated rings. The first-order chi connectivity index (χ1) is 13.6. The highest BCUT2D eigenvalue weighted by Gasteiger charge is 2.24. The Balaban J connectivity index is 2.03. The molecule has 0 spiro atoms. The van der Waals surface area contributed by atoms with Gasteiger partial charge in [-0.05, 0) is 25.1 Å². The number of hydrogen-bond acceptors (Lipinski definition) is 5. The van der Waals surface area contributed by atoms with Crippen LogP contribution in [0.1, 0.15) is 27.6 Å². The number of para-hydroxylation sites is 1. The normalized spacial score (nSPS) is 10.4. The summed E-state index contributed by atoms with van der Waals surface area (Å²) in [4.78, 5) is 25.4. The summed E-state index contributed by atoms with van der Waals surface area (Å²) >= 11 is 7.55. The summed E-state index contributed by atoms with van der Waals surface area (Å²) in [5.41, 5.74) is 1.96. The number of nitrogens with one attached hydrogen (secondary N) is 1. The predicted molar refractivity (Wildman–Crippen MR) is 112 cm³/mol. The highest BCUT2D eigenvalue weighted by atomic mass is 35.5. The van der Waals surface area contributed by atoms with Gasteiger partial charge < -0.3 is 14.8 Å². The Morgan fingerprint density at radius 3 is 2.50 bits per heavy atom. The minimum Gasteiger partial charge on any atom is -0.496 e. The fourth-order valence-corrected chi connectivity index (χ4v) is 3.92. The van der Waals surface area contributed by atoms with E-state index in [0.717, 1.165) is 0 Å². The zero-order valence-corrected chi connectivity index (χ0v) is 16.9. The summed E-state index contributed by atoms with van der Waals surface area (Å²) in [6, 6.07) is 14.1. The first-order valence-corrected chi connectivity index (χ1v) is 9.80. The third-order valence-corrected chi connectivity index (χ3v) is 5.24. The molecule has 0 radical (unpaired) electrons. The first kappa shape index (κ1) is 19.9. The molecule has 1 amide bonds. The monoisotopic (exact) mass is 415 g/mol. The molecule has 0 saturated heterocycles. The number of amides is 1. The third-order valence-electron chi connectivity index (χ3n) is 4.01. The van der Waals surface area contributed by atoms with E-state index < -0.39 is 5.97 Å². The van der Waals surface area contributed by atoms with Crippen LogP contribution < -0.4 is 10.1 Å². The number of benzene rings is 2. The Bertz CT molecular complexity index is 1020. The number of halogens is 1. The molecule has 1 heterocycles. The molecule has 1 N–H and O–H groups in total. The van der Waals surface area contributed by atoms with Gasteiger partial charge >= 0.3 is 5.97 Å². The van der Waals surface area contributed by atoms with Gasteiger partial charge in [-0.15, -0.1) is 11.3 Å². The summed E-state index contributed by atoms with van der Waals surface area (Å²) in [6.45, 7) is 1.95. The van der Waals surface area contributed by atoms with Crippen molar-refractivity contribution in [3.63, 3.8) is 0 Å². The Hall–Kier alpha value is -2.83. The number of ether oxygens (including phenoxy) is 2. The average Bonchev–Trinajstić information content (AvgIpc) is 3.11. The number of carbonyl (C=O) groups excluding carboxylic acids is 2. The SMILES string of the molecule is CCOC(=O)c1c(-c2ccccc2Cl)csc1NC(=O)c1ccccc1OC. The van der Waals surface area contributed by atoms with Gasteiger partial charge in [0.1, 0.15) is 16.3 Å². The van der Waals surface area contributed by atoms with Crippen molar-refractivity contribution >= 4 is 39.8 Å². The Labute approximate surface area is 171 Å². The van der Waals surface area contributed by atoms with Gasteiger partial charge in [0.05, 0.1) is 19.3 Å². The van der Waals surface area contributed by atoms with E-state index >= 15 is 0 Å². The zero-order valence-electron chi connectivity index (χ0n) is 15.3. The molecule has 28 heavy (non-hydrogen) atoms. The second-order valence-electron chi connectivity index (χ2n) is 5.71. The maximum atomic E-state index is 12.8. The lowest BCUT2D eigenvalue weighted by Crippen LogP contribution is -2.15. The average molecular weight is 416 g/mol. The van der Waals surface area contributed by atoms with Crippen LogP contribution in [0.3, 0.4) is 0 Å². The maximum Gasteiger partial charge on any atom is 0.341 e. The Morgan fingerprint density at radius 2 is 1.79 bits per heavy atom. The lowest BCUT2D eigenvalue weighted by Gasteiger charge is -2.11. The maximum absolute atomic E-state index is 12.8. The van der Waals surface area contributed by atoms with Crippen LogP contribution in [-0.4, -0.2) is 25.6 Å². The van der Waals surface area contributed by atoms with Gasteiger partial charge in [-0.25, -0.2) is 4.79 Å². The molecule has 5 nitrogen and oxygen atoms in total. The van der Waals surface area contributed by atoms with Gasteiger partial charge in [0, 0.05) is 21.5 Å². The van der Waals surface area contributed by atoms with Crippen molar-refractivity contribution in [3.8, 4) is 16.9 Å². The fourth-order valence-electron chi connectivity index (χ4n) is 2.74. The number of hydrogen-bond donors (Lipinski definition) is 1. The molecule has 2 aromatic carbocycles. The van der Waals surface area contributed by atoms with E-state index in [2.05, 4.69) is 5.32 Å². The van der Waals surface area contributed by atoms with E-state index in [-0.39, 0.29) is 18.1 Å².